The highest BCUT2D eigenvalue weighted by Crippen LogP contribution is 2.19. The summed E-state index contributed by atoms with van der Waals surface area (Å²) in [7, 11) is 1.61. The zero-order valence-corrected chi connectivity index (χ0v) is 9.94. The molecule has 0 bridgehead atoms. The SMILES string of the molecule is Cc1nc(-c2ccc(C#N)c(F)c2)cn(C)c1=O. The molecule has 0 unspecified atom stereocenters. The maximum atomic E-state index is 13.5. The summed E-state index contributed by atoms with van der Waals surface area (Å²) < 4.78 is 14.9. The number of hydrogen-bond acceptors (Lipinski definition) is 3. The largest absolute Gasteiger partial charge is 0.315 e. The van der Waals surface area contributed by atoms with E-state index in [1.165, 1.54) is 22.9 Å². The first-order chi connectivity index (χ1) is 8.52. The molecule has 90 valence electrons. The molecule has 4 nitrogen and oxygen atoms in total. The lowest BCUT2D eigenvalue weighted by Gasteiger charge is -2.05. The summed E-state index contributed by atoms with van der Waals surface area (Å²) >= 11 is 0. The molecule has 0 saturated heterocycles. The van der Waals surface area contributed by atoms with Gasteiger partial charge in [-0.05, 0) is 19.1 Å². The van der Waals surface area contributed by atoms with Crippen LogP contribution in [0, 0.1) is 24.1 Å². The van der Waals surface area contributed by atoms with E-state index in [9.17, 15) is 9.18 Å². The van der Waals surface area contributed by atoms with Crippen LogP contribution < -0.4 is 5.56 Å². The van der Waals surface area contributed by atoms with Crippen LogP contribution in [0.15, 0.2) is 29.2 Å². The molecule has 0 aliphatic heterocycles. The van der Waals surface area contributed by atoms with Crippen LogP contribution in [0.2, 0.25) is 0 Å². The first-order valence-corrected chi connectivity index (χ1v) is 5.27. The molecular formula is C13H10FN3O. The van der Waals surface area contributed by atoms with Gasteiger partial charge in [0, 0.05) is 18.8 Å². The Kier molecular flexibility index (Phi) is 2.94. The van der Waals surface area contributed by atoms with Gasteiger partial charge in [0.25, 0.3) is 5.56 Å². The van der Waals surface area contributed by atoms with Crippen molar-refractivity contribution in [3.05, 3.63) is 51.8 Å². The molecule has 0 N–H and O–H groups in total. The third-order valence-corrected chi connectivity index (χ3v) is 2.62. The Balaban J connectivity index is 2.60. The molecular weight excluding hydrogens is 233 g/mol. The number of benzene rings is 1. The minimum atomic E-state index is -0.594. The van der Waals surface area contributed by atoms with E-state index in [0.29, 0.717) is 17.0 Å². The van der Waals surface area contributed by atoms with Gasteiger partial charge in [0.1, 0.15) is 17.6 Å². The van der Waals surface area contributed by atoms with Gasteiger partial charge in [-0.15, -0.1) is 0 Å². The van der Waals surface area contributed by atoms with Crippen LogP contribution >= 0.6 is 0 Å². The lowest BCUT2D eigenvalue weighted by atomic mass is 10.1. The van der Waals surface area contributed by atoms with Gasteiger partial charge in [-0.1, -0.05) is 6.07 Å². The van der Waals surface area contributed by atoms with Crippen molar-refractivity contribution < 1.29 is 4.39 Å². The normalized spacial score (nSPS) is 10.1. The molecule has 0 fully saturated rings. The zero-order valence-electron chi connectivity index (χ0n) is 9.94. The Labute approximate surface area is 103 Å². The zero-order chi connectivity index (χ0) is 13.3. The fourth-order valence-corrected chi connectivity index (χ4v) is 1.66. The van der Waals surface area contributed by atoms with Gasteiger partial charge >= 0.3 is 0 Å². The lowest BCUT2D eigenvalue weighted by Crippen LogP contribution is -2.20. The van der Waals surface area contributed by atoms with Crippen molar-refractivity contribution in [3.63, 3.8) is 0 Å². The maximum Gasteiger partial charge on any atom is 0.271 e. The van der Waals surface area contributed by atoms with E-state index in [1.54, 1.807) is 26.1 Å². The van der Waals surface area contributed by atoms with Gasteiger partial charge in [0.05, 0.1) is 11.3 Å². The highest BCUT2D eigenvalue weighted by Gasteiger charge is 2.08. The van der Waals surface area contributed by atoms with E-state index in [4.69, 9.17) is 5.26 Å². The van der Waals surface area contributed by atoms with Crippen molar-refractivity contribution >= 4 is 0 Å². The van der Waals surface area contributed by atoms with Crippen molar-refractivity contribution in [2.45, 2.75) is 6.92 Å². The summed E-state index contributed by atoms with van der Waals surface area (Å²) in [6.45, 7) is 1.60. The molecule has 1 heterocycles. The third-order valence-electron chi connectivity index (χ3n) is 2.62. The second-order valence-electron chi connectivity index (χ2n) is 3.93. The number of rotatable bonds is 1. The Morgan fingerprint density at radius 1 is 1.44 bits per heavy atom. The fraction of sp³-hybridized carbons (Fsp3) is 0.154. The quantitative estimate of drug-likeness (QED) is 0.766. The van der Waals surface area contributed by atoms with Crippen molar-refractivity contribution in [1.82, 2.24) is 9.55 Å². The minimum Gasteiger partial charge on any atom is -0.315 e. The molecule has 0 aliphatic rings. The molecule has 0 saturated carbocycles. The van der Waals surface area contributed by atoms with Gasteiger partial charge in [0.2, 0.25) is 0 Å². The van der Waals surface area contributed by atoms with Gasteiger partial charge < -0.3 is 4.57 Å². The highest BCUT2D eigenvalue weighted by atomic mass is 19.1. The molecule has 1 aromatic carbocycles. The van der Waals surface area contributed by atoms with E-state index in [0.717, 1.165) is 0 Å². The van der Waals surface area contributed by atoms with Gasteiger partial charge in [0.15, 0.2) is 0 Å². The van der Waals surface area contributed by atoms with Crippen LogP contribution in [0.5, 0.6) is 0 Å². The minimum absolute atomic E-state index is 0.0136. The summed E-state index contributed by atoms with van der Waals surface area (Å²) in [5, 5.41) is 8.65. The standard InChI is InChI=1S/C13H10FN3O/c1-8-13(18)17(2)7-12(16-8)9-3-4-10(6-15)11(14)5-9/h3-5,7H,1-2H3. The summed E-state index contributed by atoms with van der Waals surface area (Å²) in [5.41, 5.74) is 1.18. The van der Waals surface area contributed by atoms with E-state index >= 15 is 0 Å². The second kappa shape index (κ2) is 4.41. The average molecular weight is 243 g/mol. The predicted octanol–water partition coefficient (Wildman–Crippen LogP) is 1.77. The smallest absolute Gasteiger partial charge is 0.271 e. The molecule has 0 aliphatic carbocycles. The summed E-state index contributed by atoms with van der Waals surface area (Å²) in [5.74, 6) is -0.594. The number of aryl methyl sites for hydroxylation is 2. The molecule has 0 spiro atoms. The number of halogens is 1. The van der Waals surface area contributed by atoms with E-state index in [2.05, 4.69) is 4.98 Å². The molecule has 0 amide bonds. The second-order valence-corrected chi connectivity index (χ2v) is 3.93. The molecule has 5 heteroatoms. The van der Waals surface area contributed by atoms with E-state index < -0.39 is 5.82 Å². The Bertz CT molecular complexity index is 687. The maximum absolute atomic E-state index is 13.5. The van der Waals surface area contributed by atoms with Gasteiger partial charge in [-0.25, -0.2) is 9.37 Å². The van der Waals surface area contributed by atoms with Gasteiger partial charge in [-0.3, -0.25) is 4.79 Å². The summed E-state index contributed by atoms with van der Waals surface area (Å²) in [6, 6.07) is 6.00. The van der Waals surface area contributed by atoms with Crippen molar-refractivity contribution in [1.29, 1.82) is 5.26 Å². The molecule has 1 aromatic heterocycles. The number of nitrogens with zero attached hydrogens (tertiary/aromatic N) is 3. The monoisotopic (exact) mass is 243 g/mol. The first kappa shape index (κ1) is 12.0. The van der Waals surface area contributed by atoms with Crippen LogP contribution in [-0.2, 0) is 7.05 Å². The van der Waals surface area contributed by atoms with Crippen molar-refractivity contribution in [2.24, 2.45) is 7.05 Å². The lowest BCUT2D eigenvalue weighted by molar-refractivity contribution is 0.624. The number of aromatic nitrogens is 2. The first-order valence-electron chi connectivity index (χ1n) is 5.27. The average Bonchev–Trinajstić information content (AvgIpc) is 2.35. The molecule has 2 rings (SSSR count). The summed E-state index contributed by atoms with van der Waals surface area (Å²) in [6.07, 6.45) is 1.54. The fourth-order valence-electron chi connectivity index (χ4n) is 1.66. The van der Waals surface area contributed by atoms with Crippen LogP contribution in [0.4, 0.5) is 4.39 Å². The molecule has 0 atom stereocenters. The number of nitriles is 1. The van der Waals surface area contributed by atoms with Crippen LogP contribution in [0.1, 0.15) is 11.3 Å². The third kappa shape index (κ3) is 2.00. The highest BCUT2D eigenvalue weighted by molar-refractivity contribution is 5.59. The molecule has 2 aromatic rings. The number of hydrogen-bond donors (Lipinski definition) is 0. The van der Waals surface area contributed by atoms with Crippen molar-refractivity contribution in [2.75, 3.05) is 0 Å². The van der Waals surface area contributed by atoms with Crippen LogP contribution in [0.3, 0.4) is 0 Å². The van der Waals surface area contributed by atoms with E-state index in [-0.39, 0.29) is 11.1 Å². The topological polar surface area (TPSA) is 58.7 Å². The molecule has 18 heavy (non-hydrogen) atoms. The molecule has 0 radical (unpaired) electrons. The predicted molar refractivity (Wildman–Crippen MR) is 64.3 cm³/mol. The van der Waals surface area contributed by atoms with Gasteiger partial charge in [-0.2, -0.15) is 5.26 Å². The van der Waals surface area contributed by atoms with Crippen LogP contribution in [-0.4, -0.2) is 9.55 Å². The summed E-state index contributed by atoms with van der Waals surface area (Å²) in [4.78, 5) is 15.6. The van der Waals surface area contributed by atoms with E-state index in [1.807, 2.05) is 0 Å². The Morgan fingerprint density at radius 2 is 2.17 bits per heavy atom. The Hall–Kier alpha value is -2.48. The van der Waals surface area contributed by atoms with Crippen LogP contribution in [0.25, 0.3) is 11.3 Å². The van der Waals surface area contributed by atoms with Crippen molar-refractivity contribution in [3.8, 4) is 17.3 Å². The Morgan fingerprint density at radius 3 is 2.72 bits per heavy atom.